The monoisotopic (exact) mass is 516 g/mol. The van der Waals surface area contributed by atoms with Gasteiger partial charge in [-0.3, -0.25) is 9.59 Å². The van der Waals surface area contributed by atoms with Crippen molar-refractivity contribution in [3.63, 3.8) is 0 Å². The second kappa shape index (κ2) is 10.2. The molecule has 1 aromatic carbocycles. The minimum atomic E-state index is -4.52. The number of anilines is 1. The van der Waals surface area contributed by atoms with Crippen LogP contribution >= 0.6 is 0 Å². The third-order valence-electron chi connectivity index (χ3n) is 6.32. The van der Waals surface area contributed by atoms with Crippen LogP contribution in [0, 0.1) is 11.3 Å². The summed E-state index contributed by atoms with van der Waals surface area (Å²) in [6.07, 6.45) is 0.237. The SMILES string of the molecule is CC1(C)CC(C(Nc2ccnc(-n3cc(C(F)(F)F)cn3)n2)c2ccc(C(=O)NCCC(=O)O)cc2)C1. The van der Waals surface area contributed by atoms with Crippen LogP contribution in [0.1, 0.15) is 60.6 Å². The quantitative estimate of drug-likeness (QED) is 0.383. The Bertz CT molecular complexity index is 1270. The van der Waals surface area contributed by atoms with Crippen molar-refractivity contribution in [1.82, 2.24) is 25.1 Å². The highest BCUT2D eigenvalue weighted by molar-refractivity contribution is 5.94. The molecular formula is C25H27F3N6O3. The Kier molecular flexibility index (Phi) is 7.19. The Morgan fingerprint density at radius 1 is 1.19 bits per heavy atom. The van der Waals surface area contributed by atoms with Gasteiger partial charge in [0.1, 0.15) is 5.82 Å². The zero-order chi connectivity index (χ0) is 26.8. The maximum Gasteiger partial charge on any atom is 0.419 e. The van der Waals surface area contributed by atoms with Gasteiger partial charge >= 0.3 is 12.1 Å². The number of aromatic nitrogens is 4. The minimum Gasteiger partial charge on any atom is -0.481 e. The Hall–Kier alpha value is -3.96. The number of alkyl halides is 3. The predicted octanol–water partition coefficient (Wildman–Crippen LogP) is 4.48. The van der Waals surface area contributed by atoms with Gasteiger partial charge in [-0.2, -0.15) is 23.3 Å². The summed E-state index contributed by atoms with van der Waals surface area (Å²) in [5.41, 5.74) is 0.622. The molecule has 4 rings (SSSR count). The highest BCUT2D eigenvalue weighted by atomic mass is 19.4. The Labute approximate surface area is 211 Å². The summed E-state index contributed by atoms with van der Waals surface area (Å²) in [5.74, 6) is -0.653. The van der Waals surface area contributed by atoms with Gasteiger partial charge in [-0.15, -0.1) is 0 Å². The van der Waals surface area contributed by atoms with Crippen molar-refractivity contribution in [1.29, 1.82) is 0 Å². The van der Waals surface area contributed by atoms with E-state index in [9.17, 15) is 22.8 Å². The summed E-state index contributed by atoms with van der Waals surface area (Å²) >= 11 is 0. The number of carbonyl (C=O) groups excluding carboxylic acids is 1. The van der Waals surface area contributed by atoms with E-state index < -0.39 is 17.7 Å². The van der Waals surface area contributed by atoms with Crippen molar-refractivity contribution in [2.24, 2.45) is 11.3 Å². The van der Waals surface area contributed by atoms with Crippen molar-refractivity contribution in [3.8, 4) is 5.95 Å². The summed E-state index contributed by atoms with van der Waals surface area (Å²) in [6.45, 7) is 4.40. The van der Waals surface area contributed by atoms with Crippen LogP contribution in [0.3, 0.4) is 0 Å². The van der Waals surface area contributed by atoms with Gasteiger partial charge < -0.3 is 15.7 Å². The zero-order valence-electron chi connectivity index (χ0n) is 20.3. The standard InChI is InChI=1S/C25H27F3N6O3/c1-24(2)11-17(12-24)21(15-3-5-16(6-4-15)22(37)29-10-8-20(35)36)32-19-7-9-30-23(33-19)34-14-18(13-31-34)25(26,27)28/h3-7,9,13-14,17,21H,8,10-12H2,1-2H3,(H,29,37)(H,35,36)(H,30,32,33). The zero-order valence-corrected chi connectivity index (χ0v) is 20.3. The lowest BCUT2D eigenvalue weighted by Crippen LogP contribution is -2.38. The van der Waals surface area contributed by atoms with E-state index in [1.165, 1.54) is 6.20 Å². The molecule has 0 bridgehead atoms. The van der Waals surface area contributed by atoms with Gasteiger partial charge in [-0.05, 0) is 47.9 Å². The van der Waals surface area contributed by atoms with E-state index in [2.05, 4.69) is 39.5 Å². The van der Waals surface area contributed by atoms with Crippen LogP contribution < -0.4 is 10.6 Å². The molecule has 0 aliphatic heterocycles. The van der Waals surface area contributed by atoms with Gasteiger partial charge in [0.15, 0.2) is 0 Å². The molecule has 37 heavy (non-hydrogen) atoms. The molecule has 196 valence electrons. The van der Waals surface area contributed by atoms with Crippen molar-refractivity contribution in [2.45, 2.75) is 45.3 Å². The summed E-state index contributed by atoms with van der Waals surface area (Å²) in [7, 11) is 0. The highest BCUT2D eigenvalue weighted by Crippen LogP contribution is 2.51. The van der Waals surface area contributed by atoms with Crippen LogP contribution in [0.4, 0.5) is 19.0 Å². The molecule has 1 unspecified atom stereocenters. The first-order valence-corrected chi connectivity index (χ1v) is 11.7. The topological polar surface area (TPSA) is 122 Å². The maximum absolute atomic E-state index is 13.0. The lowest BCUT2D eigenvalue weighted by atomic mass is 9.61. The number of benzene rings is 1. The molecule has 9 nitrogen and oxygen atoms in total. The molecule has 3 N–H and O–H groups in total. The van der Waals surface area contributed by atoms with E-state index in [0.717, 1.165) is 35.5 Å². The second-order valence-corrected chi connectivity index (χ2v) is 9.89. The number of carboxylic acid groups (broad SMARTS) is 1. The summed E-state index contributed by atoms with van der Waals surface area (Å²) in [5, 5.41) is 18.4. The average Bonchev–Trinajstić information content (AvgIpc) is 3.32. The number of aliphatic carboxylic acids is 1. The maximum atomic E-state index is 13.0. The first-order valence-electron chi connectivity index (χ1n) is 11.7. The van der Waals surface area contributed by atoms with Gasteiger partial charge in [0.2, 0.25) is 0 Å². The van der Waals surface area contributed by atoms with E-state index in [1.807, 2.05) is 12.1 Å². The molecule has 0 spiro atoms. The van der Waals surface area contributed by atoms with Crippen molar-refractivity contribution >= 4 is 17.7 Å². The molecule has 0 saturated heterocycles. The number of amides is 1. The van der Waals surface area contributed by atoms with Crippen LogP contribution in [0.25, 0.3) is 5.95 Å². The van der Waals surface area contributed by atoms with Gasteiger partial charge in [0.05, 0.1) is 24.2 Å². The van der Waals surface area contributed by atoms with Gasteiger partial charge in [-0.1, -0.05) is 26.0 Å². The van der Waals surface area contributed by atoms with Gasteiger partial charge in [-0.25, -0.2) is 9.67 Å². The lowest BCUT2D eigenvalue weighted by molar-refractivity contribution is -0.138. The normalized spacial score (nSPS) is 16.0. The minimum absolute atomic E-state index is 0.00145. The number of hydrogen-bond donors (Lipinski definition) is 3. The fraction of sp³-hybridized carbons (Fsp3) is 0.400. The largest absolute Gasteiger partial charge is 0.481 e. The number of carbonyl (C=O) groups is 2. The molecule has 1 saturated carbocycles. The molecule has 1 aliphatic rings. The molecule has 0 radical (unpaired) electrons. The summed E-state index contributed by atoms with van der Waals surface area (Å²) in [6, 6.07) is 8.50. The summed E-state index contributed by atoms with van der Waals surface area (Å²) in [4.78, 5) is 31.4. The molecule has 2 aromatic heterocycles. The van der Waals surface area contributed by atoms with Gasteiger partial charge in [0, 0.05) is 24.5 Å². The fourth-order valence-electron chi connectivity index (χ4n) is 4.57. The number of nitrogens with zero attached hydrogens (tertiary/aromatic N) is 4. The third-order valence-corrected chi connectivity index (χ3v) is 6.32. The Balaban J connectivity index is 1.53. The molecule has 2 heterocycles. The molecule has 12 heteroatoms. The van der Waals surface area contributed by atoms with Gasteiger partial charge in [0.25, 0.3) is 11.9 Å². The van der Waals surface area contributed by atoms with E-state index in [1.54, 1.807) is 18.2 Å². The Morgan fingerprint density at radius 3 is 2.49 bits per heavy atom. The van der Waals surface area contributed by atoms with Crippen molar-refractivity contribution in [3.05, 3.63) is 65.6 Å². The fourth-order valence-corrected chi connectivity index (χ4v) is 4.57. The lowest BCUT2D eigenvalue weighted by Gasteiger charge is -2.47. The number of rotatable bonds is 9. The van der Waals surface area contributed by atoms with Crippen molar-refractivity contribution < 1.29 is 27.9 Å². The predicted molar refractivity (Wildman–Crippen MR) is 128 cm³/mol. The van der Waals surface area contributed by atoms with Crippen LogP contribution in [-0.4, -0.2) is 43.3 Å². The third kappa shape index (κ3) is 6.43. The van der Waals surface area contributed by atoms with Crippen molar-refractivity contribution in [2.75, 3.05) is 11.9 Å². The summed E-state index contributed by atoms with van der Waals surface area (Å²) < 4.78 is 39.9. The molecular weight excluding hydrogens is 489 g/mol. The molecule has 1 atom stereocenters. The number of nitrogens with one attached hydrogen (secondary N) is 2. The van der Waals surface area contributed by atoms with E-state index in [-0.39, 0.29) is 42.2 Å². The first kappa shape index (κ1) is 26.1. The molecule has 3 aromatic rings. The second-order valence-electron chi connectivity index (χ2n) is 9.89. The molecule has 1 amide bonds. The van der Waals surface area contributed by atoms with Crippen LogP contribution in [0.2, 0.25) is 0 Å². The van der Waals surface area contributed by atoms with Crippen LogP contribution in [0.15, 0.2) is 48.9 Å². The molecule has 1 aliphatic carbocycles. The number of carboxylic acids is 1. The Morgan fingerprint density at radius 2 is 1.89 bits per heavy atom. The first-order chi connectivity index (χ1) is 17.4. The highest BCUT2D eigenvalue weighted by Gasteiger charge is 2.41. The number of halogens is 3. The van der Waals surface area contributed by atoms with E-state index in [0.29, 0.717) is 11.4 Å². The number of hydrogen-bond acceptors (Lipinski definition) is 6. The average molecular weight is 517 g/mol. The molecule has 1 fully saturated rings. The van der Waals surface area contributed by atoms with E-state index >= 15 is 0 Å². The van der Waals surface area contributed by atoms with E-state index in [4.69, 9.17) is 5.11 Å². The smallest absolute Gasteiger partial charge is 0.419 e. The van der Waals surface area contributed by atoms with Crippen LogP contribution in [0.5, 0.6) is 0 Å². The van der Waals surface area contributed by atoms with Crippen LogP contribution in [-0.2, 0) is 11.0 Å².